The van der Waals surface area contributed by atoms with Gasteiger partial charge in [0.25, 0.3) is 11.8 Å². The van der Waals surface area contributed by atoms with Crippen molar-refractivity contribution in [1.29, 1.82) is 0 Å². The maximum absolute atomic E-state index is 13.1. The van der Waals surface area contributed by atoms with Gasteiger partial charge in [-0.15, -0.1) is 0 Å². The molecule has 0 aliphatic heterocycles. The standard InChI is InChI=1S/C23H38N2O3Si/c1-9-17(3)20(28-29(7,8)23(4,5)6)22(27)25-19(10-2)21(26)24-16-18-14-12-11-13-15-18/h10-15,17,20H,9,16H2,1-8H3,(H,24,26)(H,25,27)/b19-10-/t17-,20-/m0/s1. The average molecular weight is 419 g/mol. The summed E-state index contributed by atoms with van der Waals surface area (Å²) < 4.78 is 6.44. The second-order valence-corrected chi connectivity index (χ2v) is 13.8. The Balaban J connectivity index is 2.86. The summed E-state index contributed by atoms with van der Waals surface area (Å²) in [5.41, 5.74) is 1.25. The zero-order chi connectivity index (χ0) is 22.2. The summed E-state index contributed by atoms with van der Waals surface area (Å²) in [6.45, 7) is 16.9. The molecule has 0 saturated heterocycles. The van der Waals surface area contributed by atoms with Crippen molar-refractivity contribution >= 4 is 20.1 Å². The van der Waals surface area contributed by atoms with Crippen molar-refractivity contribution in [3.05, 3.63) is 47.7 Å². The molecular weight excluding hydrogens is 380 g/mol. The molecule has 2 amide bonds. The minimum Gasteiger partial charge on any atom is -0.405 e. The molecule has 1 aromatic carbocycles. The van der Waals surface area contributed by atoms with E-state index in [1.54, 1.807) is 13.0 Å². The number of carbonyl (C=O) groups excluding carboxylic acids is 2. The first kappa shape index (κ1) is 25.1. The van der Waals surface area contributed by atoms with E-state index < -0.39 is 14.4 Å². The van der Waals surface area contributed by atoms with Crippen molar-refractivity contribution in [2.75, 3.05) is 0 Å². The Morgan fingerprint density at radius 1 is 1.17 bits per heavy atom. The molecule has 2 atom stereocenters. The minimum atomic E-state index is -2.14. The molecule has 2 N–H and O–H groups in total. The van der Waals surface area contributed by atoms with E-state index in [0.717, 1.165) is 12.0 Å². The number of benzene rings is 1. The van der Waals surface area contributed by atoms with Gasteiger partial charge in [-0.3, -0.25) is 9.59 Å². The van der Waals surface area contributed by atoms with Crippen LogP contribution in [-0.4, -0.2) is 26.2 Å². The van der Waals surface area contributed by atoms with Gasteiger partial charge in [0, 0.05) is 6.54 Å². The van der Waals surface area contributed by atoms with Crippen molar-refractivity contribution in [3.63, 3.8) is 0 Å². The predicted molar refractivity (Wildman–Crippen MR) is 122 cm³/mol. The van der Waals surface area contributed by atoms with Gasteiger partial charge in [-0.05, 0) is 36.5 Å². The van der Waals surface area contributed by atoms with Crippen LogP contribution in [0.15, 0.2) is 42.1 Å². The van der Waals surface area contributed by atoms with E-state index in [1.807, 2.05) is 44.2 Å². The van der Waals surface area contributed by atoms with Gasteiger partial charge < -0.3 is 15.1 Å². The number of rotatable bonds is 9. The summed E-state index contributed by atoms with van der Waals surface area (Å²) in [5.74, 6) is -0.512. The first-order valence-electron chi connectivity index (χ1n) is 10.4. The van der Waals surface area contributed by atoms with E-state index in [-0.39, 0.29) is 28.5 Å². The Labute approximate surface area is 177 Å². The van der Waals surface area contributed by atoms with Crippen molar-refractivity contribution in [3.8, 4) is 0 Å². The quantitative estimate of drug-likeness (QED) is 0.449. The molecule has 0 saturated carbocycles. The largest absolute Gasteiger partial charge is 0.405 e. The molecule has 0 aliphatic rings. The highest BCUT2D eigenvalue weighted by molar-refractivity contribution is 6.74. The summed E-state index contributed by atoms with van der Waals surface area (Å²) in [6.07, 6.45) is 1.86. The Morgan fingerprint density at radius 3 is 2.24 bits per heavy atom. The van der Waals surface area contributed by atoms with E-state index in [2.05, 4.69) is 44.5 Å². The molecule has 1 rings (SSSR count). The van der Waals surface area contributed by atoms with E-state index in [1.165, 1.54) is 0 Å². The molecule has 0 aliphatic carbocycles. The van der Waals surface area contributed by atoms with Crippen LogP contribution >= 0.6 is 0 Å². The number of allylic oxidation sites excluding steroid dienone is 1. The molecule has 0 unspecified atom stereocenters. The van der Waals surface area contributed by atoms with Crippen LogP contribution in [0.5, 0.6) is 0 Å². The third-order valence-corrected chi connectivity index (χ3v) is 10.2. The number of nitrogens with one attached hydrogen (secondary N) is 2. The topological polar surface area (TPSA) is 67.4 Å². The molecule has 0 radical (unpaired) electrons. The summed E-state index contributed by atoms with van der Waals surface area (Å²) in [6, 6.07) is 9.67. The monoisotopic (exact) mass is 418 g/mol. The van der Waals surface area contributed by atoms with Crippen LogP contribution in [0, 0.1) is 5.92 Å². The van der Waals surface area contributed by atoms with Gasteiger partial charge in [0.2, 0.25) is 0 Å². The molecule has 0 fully saturated rings. The van der Waals surface area contributed by atoms with Gasteiger partial charge in [0.1, 0.15) is 11.8 Å². The van der Waals surface area contributed by atoms with Crippen LogP contribution in [0.1, 0.15) is 53.5 Å². The first-order chi connectivity index (χ1) is 13.4. The Bertz CT molecular complexity index is 709. The molecule has 0 aromatic heterocycles. The summed E-state index contributed by atoms with van der Waals surface area (Å²) in [4.78, 5) is 25.6. The average Bonchev–Trinajstić information content (AvgIpc) is 2.67. The van der Waals surface area contributed by atoms with E-state index in [0.29, 0.717) is 6.54 Å². The predicted octanol–water partition coefficient (Wildman–Crippen LogP) is 4.76. The van der Waals surface area contributed by atoms with Gasteiger partial charge in [-0.25, -0.2) is 0 Å². The van der Waals surface area contributed by atoms with E-state index >= 15 is 0 Å². The number of carbonyl (C=O) groups is 2. The maximum atomic E-state index is 13.1. The highest BCUT2D eigenvalue weighted by atomic mass is 28.4. The third kappa shape index (κ3) is 7.44. The van der Waals surface area contributed by atoms with Crippen molar-refractivity contribution in [2.24, 2.45) is 5.92 Å². The van der Waals surface area contributed by atoms with Crippen LogP contribution in [0.25, 0.3) is 0 Å². The fourth-order valence-corrected chi connectivity index (χ4v) is 3.80. The lowest BCUT2D eigenvalue weighted by Gasteiger charge is -2.40. The van der Waals surface area contributed by atoms with Crippen LogP contribution < -0.4 is 10.6 Å². The molecule has 162 valence electrons. The lowest BCUT2D eigenvalue weighted by atomic mass is 10.0. The lowest BCUT2D eigenvalue weighted by Crippen LogP contribution is -2.51. The smallest absolute Gasteiger partial charge is 0.267 e. The van der Waals surface area contributed by atoms with Gasteiger partial charge in [0.15, 0.2) is 8.32 Å². The second kappa shape index (κ2) is 10.7. The lowest BCUT2D eigenvalue weighted by molar-refractivity contribution is -0.131. The van der Waals surface area contributed by atoms with Crippen LogP contribution in [0.4, 0.5) is 0 Å². The molecule has 0 bridgehead atoms. The van der Waals surface area contributed by atoms with Gasteiger partial charge in [0.05, 0.1) is 0 Å². The highest BCUT2D eigenvalue weighted by Crippen LogP contribution is 2.38. The second-order valence-electron chi connectivity index (χ2n) is 9.04. The molecule has 1 aromatic rings. The SMILES string of the molecule is C/C=C(\NC(=O)[C@@H](O[Si](C)(C)C(C)(C)C)[C@@H](C)CC)C(=O)NCc1ccccc1. The zero-order valence-electron chi connectivity index (χ0n) is 19.3. The fraction of sp³-hybridized carbons (Fsp3) is 0.565. The number of hydrogen-bond donors (Lipinski definition) is 2. The molecular formula is C23H38N2O3Si. The van der Waals surface area contributed by atoms with Crippen LogP contribution in [0.2, 0.25) is 18.1 Å². The van der Waals surface area contributed by atoms with Crippen LogP contribution in [0.3, 0.4) is 0 Å². The zero-order valence-corrected chi connectivity index (χ0v) is 20.3. The Morgan fingerprint density at radius 2 is 1.76 bits per heavy atom. The van der Waals surface area contributed by atoms with Crippen LogP contribution in [-0.2, 0) is 20.6 Å². The summed E-state index contributed by atoms with van der Waals surface area (Å²) in [5, 5.41) is 5.65. The first-order valence-corrected chi connectivity index (χ1v) is 13.3. The van der Waals surface area contributed by atoms with Gasteiger partial charge >= 0.3 is 0 Å². The van der Waals surface area contributed by atoms with Crippen molar-refractivity contribution < 1.29 is 14.0 Å². The molecule has 29 heavy (non-hydrogen) atoms. The number of amides is 2. The van der Waals surface area contributed by atoms with Gasteiger partial charge in [-0.2, -0.15) is 0 Å². The van der Waals surface area contributed by atoms with E-state index in [4.69, 9.17) is 4.43 Å². The minimum absolute atomic E-state index is 0.00449. The van der Waals surface area contributed by atoms with Gasteiger partial charge in [-0.1, -0.05) is 77.4 Å². The molecule has 6 heteroatoms. The fourth-order valence-electron chi connectivity index (χ4n) is 2.47. The maximum Gasteiger partial charge on any atom is 0.267 e. The van der Waals surface area contributed by atoms with Crippen molar-refractivity contribution in [1.82, 2.24) is 10.6 Å². The van der Waals surface area contributed by atoms with E-state index in [9.17, 15) is 9.59 Å². The summed E-state index contributed by atoms with van der Waals surface area (Å²) >= 11 is 0. The Kier molecular flexibility index (Phi) is 9.30. The van der Waals surface area contributed by atoms with Crippen molar-refractivity contribution in [2.45, 2.75) is 78.7 Å². The molecule has 5 nitrogen and oxygen atoms in total. The molecule has 0 heterocycles. The molecule has 0 spiro atoms. The summed E-state index contributed by atoms with van der Waals surface area (Å²) in [7, 11) is -2.14. The highest BCUT2D eigenvalue weighted by Gasteiger charge is 2.42. The number of hydrogen-bond acceptors (Lipinski definition) is 3. The third-order valence-electron chi connectivity index (χ3n) is 5.73. The Hall–Kier alpha value is -1.92. The normalized spacial score (nSPS) is 14.8.